The Bertz CT molecular complexity index is 476. The number of benzene rings is 2. The van der Waals surface area contributed by atoms with Gasteiger partial charge in [0.2, 0.25) is 0 Å². The van der Waals surface area contributed by atoms with Gasteiger partial charge in [0.1, 0.15) is 5.82 Å². The summed E-state index contributed by atoms with van der Waals surface area (Å²) in [5.74, 6) is 0.0261. The van der Waals surface area contributed by atoms with Crippen LogP contribution in [-0.4, -0.2) is 6.04 Å². The van der Waals surface area contributed by atoms with Crippen molar-refractivity contribution in [1.82, 2.24) is 0 Å². The van der Waals surface area contributed by atoms with Crippen molar-refractivity contribution in [1.29, 1.82) is 0 Å². The monoisotopic (exact) mass is 243 g/mol. The molecule has 0 heterocycles. The zero-order valence-electron chi connectivity index (χ0n) is 10.5. The van der Waals surface area contributed by atoms with Crippen LogP contribution >= 0.6 is 0 Å². The number of rotatable bonds is 4. The second-order valence-electron chi connectivity index (χ2n) is 4.73. The minimum atomic E-state index is -0.202. The van der Waals surface area contributed by atoms with Gasteiger partial charge in [-0.05, 0) is 36.6 Å². The first-order valence-corrected chi connectivity index (χ1v) is 6.23. The molecule has 2 unspecified atom stereocenters. The van der Waals surface area contributed by atoms with Crippen molar-refractivity contribution in [2.45, 2.75) is 25.3 Å². The second-order valence-corrected chi connectivity index (χ2v) is 4.73. The highest BCUT2D eigenvalue weighted by Crippen LogP contribution is 2.28. The van der Waals surface area contributed by atoms with Gasteiger partial charge >= 0.3 is 0 Å². The molecule has 2 rings (SSSR count). The molecule has 0 aromatic heterocycles. The van der Waals surface area contributed by atoms with Crippen LogP contribution in [0.5, 0.6) is 0 Å². The van der Waals surface area contributed by atoms with E-state index in [1.807, 2.05) is 37.3 Å². The number of hydrogen-bond donors (Lipinski definition) is 1. The third-order valence-electron chi connectivity index (χ3n) is 3.08. The van der Waals surface area contributed by atoms with Crippen molar-refractivity contribution in [2.75, 3.05) is 0 Å². The average Bonchev–Trinajstić information content (AvgIpc) is 2.38. The molecular weight excluding hydrogens is 225 g/mol. The van der Waals surface area contributed by atoms with Crippen LogP contribution in [0.3, 0.4) is 0 Å². The van der Waals surface area contributed by atoms with Crippen LogP contribution in [0, 0.1) is 5.82 Å². The summed E-state index contributed by atoms with van der Waals surface area (Å²) >= 11 is 0. The van der Waals surface area contributed by atoms with Crippen LogP contribution in [0.4, 0.5) is 4.39 Å². The molecule has 0 spiro atoms. The summed E-state index contributed by atoms with van der Waals surface area (Å²) < 4.78 is 13.0. The SMILES string of the molecule is CC(N)CC(c1ccccc1)c1ccc(F)cc1. The van der Waals surface area contributed by atoms with Gasteiger partial charge < -0.3 is 5.73 Å². The fraction of sp³-hybridized carbons (Fsp3) is 0.250. The van der Waals surface area contributed by atoms with E-state index in [2.05, 4.69) is 12.1 Å². The van der Waals surface area contributed by atoms with Gasteiger partial charge in [0.25, 0.3) is 0 Å². The fourth-order valence-electron chi connectivity index (χ4n) is 2.22. The number of halogens is 1. The lowest BCUT2D eigenvalue weighted by molar-refractivity contribution is 0.602. The van der Waals surface area contributed by atoms with Crippen LogP contribution in [-0.2, 0) is 0 Å². The molecule has 94 valence electrons. The largest absolute Gasteiger partial charge is 0.328 e. The predicted molar refractivity (Wildman–Crippen MR) is 73.0 cm³/mol. The summed E-state index contributed by atoms with van der Waals surface area (Å²) in [7, 11) is 0. The molecule has 0 fully saturated rings. The quantitative estimate of drug-likeness (QED) is 0.870. The summed E-state index contributed by atoms with van der Waals surface area (Å²) in [5.41, 5.74) is 8.26. The van der Waals surface area contributed by atoms with E-state index >= 15 is 0 Å². The van der Waals surface area contributed by atoms with Crippen LogP contribution in [0.2, 0.25) is 0 Å². The Morgan fingerprint density at radius 3 is 2.06 bits per heavy atom. The molecule has 2 aromatic rings. The Morgan fingerprint density at radius 2 is 1.50 bits per heavy atom. The maximum atomic E-state index is 13.0. The molecular formula is C16H18FN. The summed E-state index contributed by atoms with van der Waals surface area (Å²) in [6, 6.07) is 17.0. The highest BCUT2D eigenvalue weighted by molar-refractivity contribution is 5.32. The van der Waals surface area contributed by atoms with E-state index in [0.717, 1.165) is 12.0 Å². The molecule has 0 aliphatic carbocycles. The molecule has 18 heavy (non-hydrogen) atoms. The van der Waals surface area contributed by atoms with Crippen molar-refractivity contribution >= 4 is 0 Å². The third kappa shape index (κ3) is 3.17. The standard InChI is InChI=1S/C16H18FN/c1-12(18)11-16(13-5-3-2-4-6-13)14-7-9-15(17)10-8-14/h2-10,12,16H,11,18H2,1H3. The van der Waals surface area contributed by atoms with Crippen LogP contribution in [0.15, 0.2) is 54.6 Å². The van der Waals surface area contributed by atoms with Gasteiger partial charge in [-0.15, -0.1) is 0 Å². The molecule has 0 saturated carbocycles. The van der Waals surface area contributed by atoms with E-state index in [1.54, 1.807) is 0 Å². The Kier molecular flexibility index (Phi) is 4.11. The lowest BCUT2D eigenvalue weighted by Crippen LogP contribution is -2.19. The summed E-state index contributed by atoms with van der Waals surface area (Å²) in [6.45, 7) is 2.00. The Labute approximate surface area is 107 Å². The smallest absolute Gasteiger partial charge is 0.123 e. The van der Waals surface area contributed by atoms with Crippen LogP contribution < -0.4 is 5.73 Å². The normalized spacial score (nSPS) is 14.2. The molecule has 2 aromatic carbocycles. The van der Waals surface area contributed by atoms with Gasteiger partial charge in [-0.25, -0.2) is 4.39 Å². The van der Waals surface area contributed by atoms with Crippen LogP contribution in [0.1, 0.15) is 30.4 Å². The van der Waals surface area contributed by atoms with E-state index in [0.29, 0.717) is 0 Å². The molecule has 2 heteroatoms. The van der Waals surface area contributed by atoms with E-state index in [9.17, 15) is 4.39 Å². The van der Waals surface area contributed by atoms with Gasteiger partial charge in [-0.1, -0.05) is 42.5 Å². The van der Waals surface area contributed by atoms with Crippen molar-refractivity contribution in [3.63, 3.8) is 0 Å². The summed E-state index contributed by atoms with van der Waals surface area (Å²) in [6.07, 6.45) is 0.857. The maximum Gasteiger partial charge on any atom is 0.123 e. The third-order valence-corrected chi connectivity index (χ3v) is 3.08. The summed E-state index contributed by atoms with van der Waals surface area (Å²) in [5, 5.41) is 0. The van der Waals surface area contributed by atoms with Gasteiger partial charge in [0, 0.05) is 12.0 Å². The fourth-order valence-corrected chi connectivity index (χ4v) is 2.22. The molecule has 2 atom stereocenters. The highest BCUT2D eigenvalue weighted by atomic mass is 19.1. The van der Waals surface area contributed by atoms with E-state index in [4.69, 9.17) is 5.73 Å². The molecule has 0 saturated heterocycles. The van der Waals surface area contributed by atoms with Crippen molar-refractivity contribution in [3.8, 4) is 0 Å². The molecule has 0 aliphatic heterocycles. The maximum absolute atomic E-state index is 13.0. The predicted octanol–water partition coefficient (Wildman–Crippen LogP) is 3.69. The molecule has 0 bridgehead atoms. The van der Waals surface area contributed by atoms with E-state index in [1.165, 1.54) is 17.7 Å². The van der Waals surface area contributed by atoms with Crippen molar-refractivity contribution < 1.29 is 4.39 Å². The first-order valence-electron chi connectivity index (χ1n) is 6.23. The van der Waals surface area contributed by atoms with Gasteiger partial charge in [-0.3, -0.25) is 0 Å². The molecule has 0 amide bonds. The average molecular weight is 243 g/mol. The topological polar surface area (TPSA) is 26.0 Å². The zero-order chi connectivity index (χ0) is 13.0. The van der Waals surface area contributed by atoms with E-state index < -0.39 is 0 Å². The Hall–Kier alpha value is -1.67. The zero-order valence-corrected chi connectivity index (χ0v) is 10.5. The molecule has 0 radical (unpaired) electrons. The Morgan fingerprint density at radius 1 is 0.944 bits per heavy atom. The lowest BCUT2D eigenvalue weighted by atomic mass is 9.86. The van der Waals surface area contributed by atoms with Crippen molar-refractivity contribution in [2.24, 2.45) is 5.73 Å². The number of hydrogen-bond acceptors (Lipinski definition) is 1. The summed E-state index contributed by atoms with van der Waals surface area (Å²) in [4.78, 5) is 0. The van der Waals surface area contributed by atoms with Gasteiger partial charge in [0.05, 0.1) is 0 Å². The van der Waals surface area contributed by atoms with Crippen LogP contribution in [0.25, 0.3) is 0 Å². The molecule has 2 N–H and O–H groups in total. The van der Waals surface area contributed by atoms with E-state index in [-0.39, 0.29) is 17.8 Å². The van der Waals surface area contributed by atoms with Crippen molar-refractivity contribution in [3.05, 3.63) is 71.5 Å². The minimum absolute atomic E-state index is 0.111. The molecule has 1 nitrogen and oxygen atoms in total. The lowest BCUT2D eigenvalue weighted by Gasteiger charge is -2.20. The van der Waals surface area contributed by atoms with Gasteiger partial charge in [-0.2, -0.15) is 0 Å². The van der Waals surface area contributed by atoms with Gasteiger partial charge in [0.15, 0.2) is 0 Å². The molecule has 0 aliphatic rings. The minimum Gasteiger partial charge on any atom is -0.328 e. The highest BCUT2D eigenvalue weighted by Gasteiger charge is 2.15. The number of nitrogens with two attached hydrogens (primary N) is 1. The second kappa shape index (κ2) is 5.78. The Balaban J connectivity index is 2.33. The first kappa shape index (κ1) is 12.8. The first-order chi connectivity index (χ1) is 8.66.